The van der Waals surface area contributed by atoms with E-state index in [1.54, 1.807) is 19.9 Å². The van der Waals surface area contributed by atoms with Crippen LogP contribution in [0.3, 0.4) is 0 Å². The lowest BCUT2D eigenvalue weighted by Crippen LogP contribution is -2.29. The standard InChI is InChI=1S/C15H25N3O3S/c1-4-5-6-7-8-16-14(19)10-22-12(3)15(20)17-13-9-11(2)21-18-13/h9,12H,4-8,10H2,1-3H3,(H,16,19)(H,17,18,20). The average Bonchev–Trinajstić information content (AvgIpc) is 2.89. The van der Waals surface area contributed by atoms with E-state index in [1.807, 2.05) is 0 Å². The molecular weight excluding hydrogens is 302 g/mol. The molecule has 2 N–H and O–H groups in total. The Hall–Kier alpha value is -1.50. The smallest absolute Gasteiger partial charge is 0.238 e. The molecule has 0 aliphatic carbocycles. The molecule has 2 amide bonds. The topological polar surface area (TPSA) is 84.2 Å². The van der Waals surface area contributed by atoms with Gasteiger partial charge in [0.1, 0.15) is 5.76 Å². The molecule has 22 heavy (non-hydrogen) atoms. The van der Waals surface area contributed by atoms with Gasteiger partial charge in [0.2, 0.25) is 11.8 Å². The molecule has 0 saturated heterocycles. The monoisotopic (exact) mass is 327 g/mol. The molecule has 0 aliphatic rings. The predicted molar refractivity (Wildman–Crippen MR) is 88.9 cm³/mol. The summed E-state index contributed by atoms with van der Waals surface area (Å²) in [5, 5.41) is 8.90. The summed E-state index contributed by atoms with van der Waals surface area (Å²) in [5.41, 5.74) is 0. The van der Waals surface area contributed by atoms with Crippen molar-refractivity contribution in [3.8, 4) is 0 Å². The van der Waals surface area contributed by atoms with E-state index in [0.29, 0.717) is 18.1 Å². The normalized spacial score (nSPS) is 12.0. The van der Waals surface area contributed by atoms with Crippen molar-refractivity contribution in [3.05, 3.63) is 11.8 Å². The summed E-state index contributed by atoms with van der Waals surface area (Å²) >= 11 is 1.30. The van der Waals surface area contributed by atoms with Crippen LogP contribution in [0.1, 0.15) is 45.3 Å². The van der Waals surface area contributed by atoms with E-state index in [1.165, 1.54) is 24.6 Å². The van der Waals surface area contributed by atoms with Crippen molar-refractivity contribution < 1.29 is 14.1 Å². The summed E-state index contributed by atoms with van der Waals surface area (Å²) in [7, 11) is 0. The first-order chi connectivity index (χ1) is 10.5. The van der Waals surface area contributed by atoms with Crippen molar-refractivity contribution in [2.45, 2.75) is 51.7 Å². The van der Waals surface area contributed by atoms with Crippen molar-refractivity contribution in [2.24, 2.45) is 0 Å². The quantitative estimate of drug-likeness (QED) is 0.646. The molecule has 1 aromatic heterocycles. The van der Waals surface area contributed by atoms with Gasteiger partial charge in [-0.3, -0.25) is 9.59 Å². The summed E-state index contributed by atoms with van der Waals surface area (Å²) in [6, 6.07) is 1.65. The fraction of sp³-hybridized carbons (Fsp3) is 0.667. The van der Waals surface area contributed by atoms with Crippen molar-refractivity contribution >= 4 is 29.4 Å². The highest BCUT2D eigenvalue weighted by Crippen LogP contribution is 2.14. The zero-order chi connectivity index (χ0) is 16.4. The van der Waals surface area contributed by atoms with Crippen LogP contribution in [0.25, 0.3) is 0 Å². The van der Waals surface area contributed by atoms with Crippen LogP contribution in [0.4, 0.5) is 5.82 Å². The molecule has 1 rings (SSSR count). The molecule has 6 nitrogen and oxygen atoms in total. The number of hydrogen-bond acceptors (Lipinski definition) is 5. The van der Waals surface area contributed by atoms with Crippen molar-refractivity contribution in [1.29, 1.82) is 0 Å². The van der Waals surface area contributed by atoms with E-state index in [2.05, 4.69) is 22.7 Å². The van der Waals surface area contributed by atoms with Crippen LogP contribution in [0, 0.1) is 6.92 Å². The number of aryl methyl sites for hydroxylation is 1. The highest BCUT2D eigenvalue weighted by Gasteiger charge is 2.16. The van der Waals surface area contributed by atoms with E-state index in [0.717, 1.165) is 12.8 Å². The Morgan fingerprint density at radius 2 is 2.14 bits per heavy atom. The van der Waals surface area contributed by atoms with Gasteiger partial charge in [-0.1, -0.05) is 31.3 Å². The number of thioether (sulfide) groups is 1. The van der Waals surface area contributed by atoms with Gasteiger partial charge >= 0.3 is 0 Å². The first-order valence-electron chi connectivity index (χ1n) is 7.65. The molecule has 0 saturated carbocycles. The second kappa shape index (κ2) is 10.3. The van der Waals surface area contributed by atoms with E-state index >= 15 is 0 Å². The van der Waals surface area contributed by atoms with E-state index in [4.69, 9.17) is 4.52 Å². The predicted octanol–water partition coefficient (Wildman–Crippen LogP) is 2.74. The number of unbranched alkanes of at least 4 members (excludes halogenated alkanes) is 3. The molecule has 0 aliphatic heterocycles. The summed E-state index contributed by atoms with van der Waals surface area (Å²) in [5.74, 6) is 1.10. The van der Waals surface area contributed by atoms with Crippen LogP contribution in [0.15, 0.2) is 10.6 Å². The minimum Gasteiger partial charge on any atom is -0.360 e. The van der Waals surface area contributed by atoms with Crippen LogP contribution in [0.2, 0.25) is 0 Å². The Balaban J connectivity index is 2.17. The van der Waals surface area contributed by atoms with Gasteiger partial charge in [0, 0.05) is 12.6 Å². The summed E-state index contributed by atoms with van der Waals surface area (Å²) in [6.45, 7) is 6.38. The minimum atomic E-state index is -0.331. The molecule has 0 bridgehead atoms. The third kappa shape index (κ3) is 7.49. The number of rotatable bonds is 10. The Morgan fingerprint density at radius 3 is 2.77 bits per heavy atom. The Labute approximate surface area is 135 Å². The molecule has 0 spiro atoms. The van der Waals surface area contributed by atoms with Crippen molar-refractivity contribution in [2.75, 3.05) is 17.6 Å². The fourth-order valence-electron chi connectivity index (χ4n) is 1.76. The highest BCUT2D eigenvalue weighted by atomic mass is 32.2. The van der Waals surface area contributed by atoms with Gasteiger partial charge in [-0.05, 0) is 20.3 Å². The number of carbonyl (C=O) groups is 2. The van der Waals surface area contributed by atoms with Crippen LogP contribution < -0.4 is 10.6 Å². The maximum Gasteiger partial charge on any atom is 0.238 e. The van der Waals surface area contributed by atoms with Gasteiger partial charge < -0.3 is 15.2 Å². The molecule has 0 aromatic carbocycles. The highest BCUT2D eigenvalue weighted by molar-refractivity contribution is 8.01. The molecular formula is C15H25N3O3S. The minimum absolute atomic E-state index is 0.0292. The summed E-state index contributed by atoms with van der Waals surface area (Å²) in [4.78, 5) is 23.6. The lowest BCUT2D eigenvalue weighted by Gasteiger charge is -2.10. The molecule has 1 aromatic rings. The number of amides is 2. The van der Waals surface area contributed by atoms with Gasteiger partial charge in [-0.15, -0.1) is 11.8 Å². The number of nitrogens with zero attached hydrogens (tertiary/aromatic N) is 1. The SMILES string of the molecule is CCCCCCNC(=O)CSC(C)C(=O)Nc1cc(C)on1. The van der Waals surface area contributed by atoms with Crippen LogP contribution >= 0.6 is 11.8 Å². The molecule has 0 radical (unpaired) electrons. The zero-order valence-corrected chi connectivity index (χ0v) is 14.3. The van der Waals surface area contributed by atoms with E-state index in [9.17, 15) is 9.59 Å². The van der Waals surface area contributed by atoms with Gasteiger partial charge in [0.05, 0.1) is 11.0 Å². The maximum absolute atomic E-state index is 11.9. The summed E-state index contributed by atoms with van der Waals surface area (Å²) in [6.07, 6.45) is 4.52. The van der Waals surface area contributed by atoms with Gasteiger partial charge in [0.25, 0.3) is 0 Å². The number of nitrogens with one attached hydrogen (secondary N) is 2. The first kappa shape index (κ1) is 18.5. The van der Waals surface area contributed by atoms with Crippen LogP contribution in [-0.4, -0.2) is 34.5 Å². The Morgan fingerprint density at radius 1 is 1.36 bits per heavy atom. The van der Waals surface area contributed by atoms with Crippen LogP contribution in [0.5, 0.6) is 0 Å². The zero-order valence-electron chi connectivity index (χ0n) is 13.5. The largest absolute Gasteiger partial charge is 0.360 e. The molecule has 1 heterocycles. The first-order valence-corrected chi connectivity index (χ1v) is 8.70. The van der Waals surface area contributed by atoms with E-state index in [-0.39, 0.29) is 22.8 Å². The fourth-order valence-corrected chi connectivity index (χ4v) is 2.47. The van der Waals surface area contributed by atoms with Gasteiger partial charge in [-0.2, -0.15) is 0 Å². The number of carbonyl (C=O) groups excluding carboxylic acids is 2. The Bertz CT molecular complexity index is 476. The molecule has 0 fully saturated rings. The number of hydrogen-bond donors (Lipinski definition) is 2. The second-order valence-electron chi connectivity index (χ2n) is 5.18. The molecule has 1 unspecified atom stereocenters. The van der Waals surface area contributed by atoms with Crippen LogP contribution in [-0.2, 0) is 9.59 Å². The Kier molecular flexibility index (Phi) is 8.65. The molecule has 7 heteroatoms. The lowest BCUT2D eigenvalue weighted by molar-refractivity contribution is -0.118. The molecule has 124 valence electrons. The van der Waals surface area contributed by atoms with Gasteiger partial charge in [-0.25, -0.2) is 0 Å². The van der Waals surface area contributed by atoms with Crippen molar-refractivity contribution in [1.82, 2.24) is 10.5 Å². The third-order valence-corrected chi connectivity index (χ3v) is 4.21. The second-order valence-corrected chi connectivity index (χ2v) is 6.51. The van der Waals surface area contributed by atoms with Crippen molar-refractivity contribution in [3.63, 3.8) is 0 Å². The lowest BCUT2D eigenvalue weighted by atomic mass is 10.2. The average molecular weight is 327 g/mol. The summed E-state index contributed by atoms with van der Waals surface area (Å²) < 4.78 is 4.88. The third-order valence-electron chi connectivity index (χ3n) is 3.07. The molecule has 1 atom stereocenters. The maximum atomic E-state index is 11.9. The van der Waals surface area contributed by atoms with E-state index < -0.39 is 0 Å². The van der Waals surface area contributed by atoms with Gasteiger partial charge in [0.15, 0.2) is 5.82 Å². The number of aromatic nitrogens is 1. The number of anilines is 1.